The molecule has 1 saturated heterocycles. The molecule has 132 valence electrons. The first kappa shape index (κ1) is 18.6. The number of nitrogens with zero attached hydrogens (tertiary/aromatic N) is 2. The molecule has 0 saturated carbocycles. The van der Waals surface area contributed by atoms with E-state index in [1.54, 1.807) is 17.0 Å². The van der Waals surface area contributed by atoms with E-state index in [1.165, 1.54) is 12.1 Å². The van der Waals surface area contributed by atoms with E-state index in [0.717, 1.165) is 6.42 Å². The van der Waals surface area contributed by atoms with Gasteiger partial charge in [-0.2, -0.15) is 0 Å². The Morgan fingerprint density at radius 2 is 1.92 bits per heavy atom. The molecule has 1 aliphatic heterocycles. The molecule has 1 fully saturated rings. The molecule has 0 bridgehead atoms. The number of benzene rings is 1. The molecule has 7 heteroatoms. The van der Waals surface area contributed by atoms with E-state index in [2.05, 4.69) is 27.7 Å². The van der Waals surface area contributed by atoms with Crippen LogP contribution in [-0.4, -0.2) is 33.5 Å². The third-order valence-corrected chi connectivity index (χ3v) is 5.93. The topological polar surface area (TPSA) is 72.7 Å². The van der Waals surface area contributed by atoms with Crippen molar-refractivity contribution in [3.8, 4) is 0 Å². The molecule has 0 radical (unpaired) electrons. The van der Waals surface area contributed by atoms with Crippen LogP contribution in [0.5, 0.6) is 0 Å². The third-order valence-electron chi connectivity index (χ3n) is 5.42. The van der Waals surface area contributed by atoms with Gasteiger partial charge in [-0.3, -0.25) is 14.9 Å². The molecule has 2 rings (SSSR count). The summed E-state index contributed by atoms with van der Waals surface area (Å²) < 4.78 is 5.96. The van der Waals surface area contributed by atoms with Gasteiger partial charge in [0.25, 0.3) is 5.69 Å². The summed E-state index contributed by atoms with van der Waals surface area (Å²) in [4.78, 5) is 24.6. The standard InChI is InChI=1S/C17H26N2O4Si/c1-11(2)17(3,4)16(23-24)14-9-10-15(20)18(14)12-5-7-13(8-6-12)19(21)22/h5-8,11,14,16H,9-10H2,1-4,24H3/t14?,16-/m0/s1. The van der Waals surface area contributed by atoms with Gasteiger partial charge in [0.1, 0.15) is 10.5 Å². The Balaban J connectivity index is 2.36. The SMILES string of the molecule is CC(C)C(C)(C)[C@@H](O[SiH3])C1CCC(=O)N1c1ccc([N+](=O)[O-])cc1. The molecule has 0 N–H and O–H groups in total. The number of rotatable bonds is 6. The van der Waals surface area contributed by atoms with Crippen LogP contribution in [0.3, 0.4) is 0 Å². The van der Waals surface area contributed by atoms with Crippen molar-refractivity contribution in [2.45, 2.75) is 52.7 Å². The molecule has 1 heterocycles. The first-order valence-corrected chi connectivity index (χ1v) is 9.11. The number of carbonyl (C=O) groups excluding carboxylic acids is 1. The fourth-order valence-electron chi connectivity index (χ4n) is 3.35. The van der Waals surface area contributed by atoms with E-state index in [9.17, 15) is 14.9 Å². The van der Waals surface area contributed by atoms with Crippen LogP contribution in [0, 0.1) is 21.4 Å². The maximum absolute atomic E-state index is 12.5. The van der Waals surface area contributed by atoms with Gasteiger partial charge in [-0.25, -0.2) is 0 Å². The predicted octanol–water partition coefficient (Wildman–Crippen LogP) is 2.44. The number of hydrogen-bond acceptors (Lipinski definition) is 4. The van der Waals surface area contributed by atoms with Crippen molar-refractivity contribution < 1.29 is 14.1 Å². The predicted molar refractivity (Wildman–Crippen MR) is 97.0 cm³/mol. The monoisotopic (exact) mass is 350 g/mol. The zero-order valence-corrected chi connectivity index (χ0v) is 17.0. The summed E-state index contributed by atoms with van der Waals surface area (Å²) in [5.41, 5.74) is 0.660. The number of amides is 1. The van der Waals surface area contributed by atoms with Gasteiger partial charge in [0.15, 0.2) is 0 Å². The summed E-state index contributed by atoms with van der Waals surface area (Å²) in [6, 6.07) is 6.17. The molecule has 1 aromatic rings. The van der Waals surface area contributed by atoms with Crippen molar-refractivity contribution in [3.05, 3.63) is 34.4 Å². The highest BCUT2D eigenvalue weighted by molar-refractivity contribution is 5.99. The van der Waals surface area contributed by atoms with Gasteiger partial charge >= 0.3 is 0 Å². The van der Waals surface area contributed by atoms with Crippen molar-refractivity contribution in [1.29, 1.82) is 0 Å². The van der Waals surface area contributed by atoms with Gasteiger partial charge < -0.3 is 9.33 Å². The quantitative estimate of drug-likeness (QED) is 0.449. The van der Waals surface area contributed by atoms with Crippen LogP contribution in [0.2, 0.25) is 0 Å². The molecular weight excluding hydrogens is 324 g/mol. The van der Waals surface area contributed by atoms with E-state index in [0.29, 0.717) is 28.5 Å². The van der Waals surface area contributed by atoms with Crippen molar-refractivity contribution in [1.82, 2.24) is 0 Å². The van der Waals surface area contributed by atoms with E-state index in [-0.39, 0.29) is 29.2 Å². The van der Waals surface area contributed by atoms with Gasteiger partial charge in [-0.1, -0.05) is 27.7 Å². The fraction of sp³-hybridized carbons (Fsp3) is 0.588. The van der Waals surface area contributed by atoms with Crippen molar-refractivity contribution in [2.75, 3.05) is 4.90 Å². The van der Waals surface area contributed by atoms with Crippen LogP contribution in [0.4, 0.5) is 11.4 Å². The Hall–Kier alpha value is -1.73. The molecule has 0 spiro atoms. The van der Waals surface area contributed by atoms with Crippen molar-refractivity contribution in [3.63, 3.8) is 0 Å². The minimum Gasteiger partial charge on any atom is -0.422 e. The minimum atomic E-state index is -0.432. The van der Waals surface area contributed by atoms with Gasteiger partial charge in [0.2, 0.25) is 5.91 Å². The molecule has 0 aromatic heterocycles. The number of anilines is 1. The molecule has 24 heavy (non-hydrogen) atoms. The average Bonchev–Trinajstić information content (AvgIpc) is 2.89. The summed E-state index contributed by atoms with van der Waals surface area (Å²) >= 11 is 0. The zero-order chi connectivity index (χ0) is 18.1. The highest BCUT2D eigenvalue weighted by atomic mass is 28.2. The van der Waals surface area contributed by atoms with Gasteiger partial charge in [-0.15, -0.1) is 0 Å². The Kier molecular flexibility index (Phi) is 5.44. The van der Waals surface area contributed by atoms with Crippen LogP contribution in [0.25, 0.3) is 0 Å². The molecule has 1 unspecified atom stereocenters. The number of hydrogen-bond donors (Lipinski definition) is 0. The van der Waals surface area contributed by atoms with E-state index < -0.39 is 4.92 Å². The van der Waals surface area contributed by atoms with Crippen molar-refractivity contribution in [2.24, 2.45) is 11.3 Å². The van der Waals surface area contributed by atoms with Gasteiger partial charge in [-0.05, 0) is 29.9 Å². The van der Waals surface area contributed by atoms with Crippen LogP contribution >= 0.6 is 0 Å². The molecule has 1 aliphatic rings. The Labute approximate surface area is 145 Å². The summed E-state index contributed by atoms with van der Waals surface area (Å²) in [6.45, 7) is 8.69. The summed E-state index contributed by atoms with van der Waals surface area (Å²) in [7, 11) is 0.599. The van der Waals surface area contributed by atoms with Crippen LogP contribution in [-0.2, 0) is 9.22 Å². The molecular formula is C17H26N2O4Si. The maximum atomic E-state index is 12.5. The second-order valence-corrected chi connectivity index (χ2v) is 7.75. The van der Waals surface area contributed by atoms with Crippen LogP contribution in [0.1, 0.15) is 40.5 Å². The molecule has 6 nitrogen and oxygen atoms in total. The van der Waals surface area contributed by atoms with E-state index in [1.807, 2.05) is 0 Å². The largest absolute Gasteiger partial charge is 0.422 e. The minimum absolute atomic E-state index is 0.0279. The molecule has 0 aliphatic carbocycles. The number of non-ortho nitro benzene ring substituents is 1. The van der Waals surface area contributed by atoms with E-state index in [4.69, 9.17) is 4.43 Å². The molecule has 1 amide bonds. The van der Waals surface area contributed by atoms with E-state index >= 15 is 0 Å². The lowest BCUT2D eigenvalue weighted by Gasteiger charge is -2.43. The lowest BCUT2D eigenvalue weighted by molar-refractivity contribution is -0.384. The van der Waals surface area contributed by atoms with Crippen LogP contribution < -0.4 is 4.90 Å². The third kappa shape index (κ3) is 3.37. The summed E-state index contributed by atoms with van der Waals surface area (Å²) in [5, 5.41) is 10.8. The number of carbonyl (C=O) groups is 1. The highest BCUT2D eigenvalue weighted by Gasteiger charge is 2.45. The van der Waals surface area contributed by atoms with Crippen molar-refractivity contribution >= 4 is 27.8 Å². The Bertz CT molecular complexity index is 616. The fourth-order valence-corrected chi connectivity index (χ4v) is 4.27. The Morgan fingerprint density at radius 3 is 2.38 bits per heavy atom. The van der Waals surface area contributed by atoms with Gasteiger partial charge in [0, 0.05) is 24.2 Å². The highest BCUT2D eigenvalue weighted by Crippen LogP contribution is 2.40. The Morgan fingerprint density at radius 1 is 1.33 bits per heavy atom. The summed E-state index contributed by atoms with van der Waals surface area (Å²) in [5.74, 6) is 0.461. The second-order valence-electron chi connectivity index (χ2n) is 7.28. The molecule has 2 atom stereocenters. The average molecular weight is 350 g/mol. The molecule has 1 aromatic carbocycles. The number of nitro groups is 1. The normalized spacial score (nSPS) is 20.0. The summed E-state index contributed by atoms with van der Waals surface area (Å²) in [6.07, 6.45) is 1.18. The lowest BCUT2D eigenvalue weighted by Crippen LogP contribution is -2.51. The zero-order valence-electron chi connectivity index (χ0n) is 15.0. The lowest BCUT2D eigenvalue weighted by atomic mass is 9.73. The smallest absolute Gasteiger partial charge is 0.269 e. The first-order chi connectivity index (χ1) is 11.2. The van der Waals surface area contributed by atoms with Gasteiger partial charge in [0.05, 0.1) is 17.1 Å². The maximum Gasteiger partial charge on any atom is 0.269 e. The first-order valence-electron chi connectivity index (χ1n) is 8.29. The van der Waals surface area contributed by atoms with Crippen LogP contribution in [0.15, 0.2) is 24.3 Å². The second kappa shape index (κ2) is 7.02. The number of nitro benzene ring substituents is 1.